The van der Waals surface area contributed by atoms with Crippen LogP contribution in [0.25, 0.3) is 0 Å². The van der Waals surface area contributed by atoms with Crippen LogP contribution >= 0.6 is 0 Å². The lowest BCUT2D eigenvalue weighted by Gasteiger charge is -2.34. The molecule has 0 aliphatic carbocycles. The Bertz CT molecular complexity index is 752. The quantitative estimate of drug-likeness (QED) is 0.821. The van der Waals surface area contributed by atoms with Gasteiger partial charge >= 0.3 is 0 Å². The van der Waals surface area contributed by atoms with Gasteiger partial charge in [0.1, 0.15) is 11.5 Å². The Morgan fingerprint density at radius 1 is 1.00 bits per heavy atom. The number of hydrogen-bond donors (Lipinski definition) is 0. The van der Waals surface area contributed by atoms with Crippen molar-refractivity contribution in [1.29, 1.82) is 0 Å². The first-order valence-electron chi connectivity index (χ1n) is 8.30. The Balaban J connectivity index is 1.67. The molecule has 8 heteroatoms. The first-order chi connectivity index (χ1) is 11.9. The van der Waals surface area contributed by atoms with Crippen LogP contribution in [0.5, 0.6) is 0 Å². The molecule has 0 N–H and O–H groups in total. The molecule has 1 aliphatic rings. The van der Waals surface area contributed by atoms with Crippen LogP contribution in [0, 0.1) is 13.8 Å². The van der Waals surface area contributed by atoms with Gasteiger partial charge in [-0.2, -0.15) is 4.98 Å². The van der Waals surface area contributed by atoms with Crippen LogP contribution < -0.4 is 9.80 Å². The number of aryl methyl sites for hydroxylation is 2. The Morgan fingerprint density at radius 2 is 1.72 bits per heavy atom. The van der Waals surface area contributed by atoms with E-state index in [1.54, 1.807) is 11.1 Å². The number of rotatable bonds is 3. The van der Waals surface area contributed by atoms with E-state index >= 15 is 0 Å². The van der Waals surface area contributed by atoms with E-state index in [9.17, 15) is 4.79 Å². The molecule has 2 aromatic rings. The van der Waals surface area contributed by atoms with Gasteiger partial charge < -0.3 is 14.7 Å². The van der Waals surface area contributed by atoms with Crippen LogP contribution in [0.15, 0.2) is 18.5 Å². The lowest BCUT2D eigenvalue weighted by Crippen LogP contribution is -2.49. The van der Waals surface area contributed by atoms with E-state index in [1.165, 1.54) is 6.20 Å². The van der Waals surface area contributed by atoms with Crippen LogP contribution in [0.2, 0.25) is 0 Å². The fraction of sp³-hybridized carbons (Fsp3) is 0.471. The Labute approximate surface area is 147 Å². The fourth-order valence-corrected chi connectivity index (χ4v) is 2.68. The van der Waals surface area contributed by atoms with Gasteiger partial charge in [-0.1, -0.05) is 0 Å². The molecule has 132 valence electrons. The number of aromatic nitrogens is 4. The fourth-order valence-electron chi connectivity index (χ4n) is 2.68. The predicted octanol–water partition coefficient (Wildman–Crippen LogP) is 0.912. The molecule has 1 amide bonds. The summed E-state index contributed by atoms with van der Waals surface area (Å²) in [5, 5.41) is 0. The zero-order valence-electron chi connectivity index (χ0n) is 15.1. The van der Waals surface area contributed by atoms with Gasteiger partial charge in [-0.05, 0) is 13.8 Å². The van der Waals surface area contributed by atoms with Gasteiger partial charge in [0.25, 0.3) is 5.91 Å². The molecule has 2 aromatic heterocycles. The Hall–Kier alpha value is -2.77. The monoisotopic (exact) mass is 341 g/mol. The van der Waals surface area contributed by atoms with Gasteiger partial charge in [0.2, 0.25) is 5.95 Å². The second-order valence-electron chi connectivity index (χ2n) is 6.38. The molecule has 3 rings (SSSR count). The lowest BCUT2D eigenvalue weighted by atomic mass is 10.3. The highest BCUT2D eigenvalue weighted by Gasteiger charge is 2.24. The SMILES string of the molecule is Cc1cnc(C(=O)N2CCN(c3nc(C)cc(N(C)C)n3)CC2)cn1. The molecule has 0 unspecified atom stereocenters. The topological polar surface area (TPSA) is 78.4 Å². The van der Waals surface area contributed by atoms with E-state index in [0.717, 1.165) is 17.2 Å². The largest absolute Gasteiger partial charge is 0.363 e. The minimum Gasteiger partial charge on any atom is -0.363 e. The maximum absolute atomic E-state index is 12.5. The van der Waals surface area contributed by atoms with Crippen molar-refractivity contribution in [2.75, 3.05) is 50.1 Å². The molecule has 0 radical (unpaired) electrons. The average molecular weight is 341 g/mol. The lowest BCUT2D eigenvalue weighted by molar-refractivity contribution is 0.0739. The predicted molar refractivity (Wildman–Crippen MR) is 96.0 cm³/mol. The molecular formula is C17H23N7O. The van der Waals surface area contributed by atoms with Crippen LogP contribution in [0.4, 0.5) is 11.8 Å². The highest BCUT2D eigenvalue weighted by molar-refractivity contribution is 5.92. The second kappa shape index (κ2) is 7.00. The zero-order chi connectivity index (χ0) is 18.0. The maximum Gasteiger partial charge on any atom is 0.274 e. The summed E-state index contributed by atoms with van der Waals surface area (Å²) in [6.07, 6.45) is 3.16. The number of amides is 1. The van der Waals surface area contributed by atoms with Crippen LogP contribution in [0.3, 0.4) is 0 Å². The first kappa shape index (κ1) is 17.1. The summed E-state index contributed by atoms with van der Waals surface area (Å²) >= 11 is 0. The van der Waals surface area contributed by atoms with Crippen LogP contribution in [0.1, 0.15) is 21.9 Å². The molecule has 3 heterocycles. The smallest absolute Gasteiger partial charge is 0.274 e. The number of anilines is 2. The second-order valence-corrected chi connectivity index (χ2v) is 6.38. The molecule has 1 saturated heterocycles. The Morgan fingerprint density at radius 3 is 2.32 bits per heavy atom. The van der Waals surface area contributed by atoms with Gasteiger partial charge in [-0.15, -0.1) is 0 Å². The summed E-state index contributed by atoms with van der Waals surface area (Å²) < 4.78 is 0. The van der Waals surface area contributed by atoms with Crippen molar-refractivity contribution in [3.8, 4) is 0 Å². The van der Waals surface area contributed by atoms with E-state index in [0.29, 0.717) is 37.8 Å². The highest BCUT2D eigenvalue weighted by Crippen LogP contribution is 2.17. The van der Waals surface area contributed by atoms with E-state index in [2.05, 4.69) is 24.8 Å². The van der Waals surface area contributed by atoms with Crippen molar-refractivity contribution in [1.82, 2.24) is 24.8 Å². The molecule has 0 bridgehead atoms. The van der Waals surface area contributed by atoms with E-state index in [4.69, 9.17) is 0 Å². The summed E-state index contributed by atoms with van der Waals surface area (Å²) in [4.78, 5) is 35.9. The molecule has 0 atom stereocenters. The van der Waals surface area contributed by atoms with Crippen molar-refractivity contribution >= 4 is 17.7 Å². The van der Waals surface area contributed by atoms with E-state index in [1.807, 2.05) is 38.9 Å². The average Bonchev–Trinajstić information content (AvgIpc) is 2.61. The third kappa shape index (κ3) is 3.84. The summed E-state index contributed by atoms with van der Waals surface area (Å²) in [6.45, 7) is 6.44. The van der Waals surface area contributed by atoms with Crippen molar-refractivity contribution in [3.05, 3.63) is 35.5 Å². The van der Waals surface area contributed by atoms with E-state index < -0.39 is 0 Å². The number of piperazine rings is 1. The van der Waals surface area contributed by atoms with Gasteiger partial charge in [-0.25, -0.2) is 9.97 Å². The third-order valence-electron chi connectivity index (χ3n) is 4.14. The van der Waals surface area contributed by atoms with Crippen molar-refractivity contribution < 1.29 is 4.79 Å². The van der Waals surface area contributed by atoms with Crippen LogP contribution in [-0.4, -0.2) is 71.0 Å². The number of nitrogens with zero attached hydrogens (tertiary/aromatic N) is 7. The molecule has 1 aliphatic heterocycles. The minimum absolute atomic E-state index is 0.0775. The minimum atomic E-state index is -0.0775. The molecule has 1 fully saturated rings. The number of hydrogen-bond acceptors (Lipinski definition) is 7. The molecular weight excluding hydrogens is 318 g/mol. The van der Waals surface area contributed by atoms with Gasteiger partial charge in [-0.3, -0.25) is 9.78 Å². The number of carbonyl (C=O) groups is 1. The highest BCUT2D eigenvalue weighted by atomic mass is 16.2. The summed E-state index contributed by atoms with van der Waals surface area (Å²) in [5.74, 6) is 1.52. The zero-order valence-corrected chi connectivity index (χ0v) is 15.1. The first-order valence-corrected chi connectivity index (χ1v) is 8.30. The van der Waals surface area contributed by atoms with E-state index in [-0.39, 0.29) is 5.91 Å². The molecule has 25 heavy (non-hydrogen) atoms. The molecule has 0 spiro atoms. The third-order valence-corrected chi connectivity index (χ3v) is 4.14. The van der Waals surface area contributed by atoms with Gasteiger partial charge in [0, 0.05) is 58.2 Å². The van der Waals surface area contributed by atoms with Gasteiger partial charge in [0.05, 0.1) is 11.9 Å². The maximum atomic E-state index is 12.5. The Kier molecular flexibility index (Phi) is 4.78. The van der Waals surface area contributed by atoms with Crippen LogP contribution in [-0.2, 0) is 0 Å². The molecule has 0 saturated carbocycles. The van der Waals surface area contributed by atoms with Gasteiger partial charge in [0.15, 0.2) is 0 Å². The normalized spacial score (nSPS) is 14.6. The number of carbonyl (C=O) groups excluding carboxylic acids is 1. The standard InChI is InChI=1S/C17H23N7O/c1-12-9-15(22(3)4)21-17(20-12)24-7-5-23(6-8-24)16(25)14-11-18-13(2)10-19-14/h9-11H,5-8H2,1-4H3. The van der Waals surface area contributed by atoms with Crippen molar-refractivity contribution in [2.24, 2.45) is 0 Å². The molecule has 0 aromatic carbocycles. The van der Waals surface area contributed by atoms with Crippen molar-refractivity contribution in [3.63, 3.8) is 0 Å². The van der Waals surface area contributed by atoms with Crippen molar-refractivity contribution in [2.45, 2.75) is 13.8 Å². The molecule has 8 nitrogen and oxygen atoms in total. The summed E-state index contributed by atoms with van der Waals surface area (Å²) in [7, 11) is 3.93. The summed E-state index contributed by atoms with van der Waals surface area (Å²) in [6, 6.07) is 1.96. The summed E-state index contributed by atoms with van der Waals surface area (Å²) in [5.41, 5.74) is 2.12.